The molecule has 0 saturated heterocycles. The maximum atomic E-state index is 12.6. The second-order valence-electron chi connectivity index (χ2n) is 6.41. The van der Waals surface area contributed by atoms with Gasteiger partial charge in [-0.2, -0.15) is 4.99 Å². The minimum absolute atomic E-state index is 0.0724. The molecule has 0 aliphatic rings. The van der Waals surface area contributed by atoms with Crippen molar-refractivity contribution in [2.45, 2.75) is 33.4 Å². The number of fused-ring (bicyclic) bond motifs is 1. The van der Waals surface area contributed by atoms with Crippen LogP contribution < -0.4 is 9.54 Å². The van der Waals surface area contributed by atoms with Gasteiger partial charge in [-0.15, -0.1) is 0 Å². The molecule has 3 rings (SSSR count). The molecule has 1 amide bonds. The van der Waals surface area contributed by atoms with Crippen molar-refractivity contribution in [2.75, 3.05) is 7.11 Å². The number of hydrogen-bond donors (Lipinski definition) is 0. The van der Waals surface area contributed by atoms with Crippen molar-refractivity contribution in [2.24, 2.45) is 4.99 Å². The van der Waals surface area contributed by atoms with Gasteiger partial charge in [-0.3, -0.25) is 4.79 Å². The molecule has 7 heteroatoms. The molecule has 6 nitrogen and oxygen atoms in total. The molecule has 3 aromatic rings. The molecular formula is C21H22N2O4S. The van der Waals surface area contributed by atoms with Gasteiger partial charge in [0.05, 0.1) is 29.0 Å². The third-order valence-corrected chi connectivity index (χ3v) is 5.13. The van der Waals surface area contributed by atoms with E-state index in [0.29, 0.717) is 28.2 Å². The molecule has 0 bridgehead atoms. The monoisotopic (exact) mass is 398 g/mol. The third kappa shape index (κ3) is 4.14. The largest absolute Gasteiger partial charge is 0.491 e. The van der Waals surface area contributed by atoms with Crippen LogP contribution in [0.4, 0.5) is 0 Å². The van der Waals surface area contributed by atoms with E-state index >= 15 is 0 Å². The first-order valence-electron chi connectivity index (χ1n) is 9.00. The summed E-state index contributed by atoms with van der Waals surface area (Å²) in [6, 6.07) is 12.3. The first-order valence-corrected chi connectivity index (χ1v) is 9.82. The fraction of sp³-hybridized carbons (Fsp3) is 0.286. The number of esters is 1. The van der Waals surface area contributed by atoms with Gasteiger partial charge in [-0.05, 0) is 63.2 Å². The number of aryl methyl sites for hydroxylation is 1. The number of carbonyl (C=O) groups is 2. The molecule has 0 aliphatic carbocycles. The van der Waals surface area contributed by atoms with Crippen molar-refractivity contribution >= 4 is 33.4 Å². The summed E-state index contributed by atoms with van der Waals surface area (Å²) < 4.78 is 13.2. The summed E-state index contributed by atoms with van der Waals surface area (Å²) in [5.74, 6) is 0.00189. The predicted octanol–water partition coefficient (Wildman–Crippen LogP) is 4.04. The van der Waals surface area contributed by atoms with E-state index in [4.69, 9.17) is 9.47 Å². The first-order chi connectivity index (χ1) is 13.4. The van der Waals surface area contributed by atoms with Gasteiger partial charge < -0.3 is 14.0 Å². The highest BCUT2D eigenvalue weighted by Crippen LogP contribution is 2.20. The lowest BCUT2D eigenvalue weighted by Crippen LogP contribution is -2.16. The quantitative estimate of drug-likeness (QED) is 0.608. The number of rotatable bonds is 5. The Bertz CT molecular complexity index is 1080. The van der Waals surface area contributed by atoms with Crippen LogP contribution in [0.25, 0.3) is 10.2 Å². The fourth-order valence-corrected chi connectivity index (χ4v) is 3.94. The standard InChI is InChI=1S/C21H22N2O4S/c1-5-23-17-11-8-15(20(25)26-4)12-18(17)28-21(23)22-19(24)14-6-9-16(10-7-14)27-13(2)3/h6-13H,5H2,1-4H3. The van der Waals surface area contributed by atoms with Gasteiger partial charge >= 0.3 is 5.97 Å². The average molecular weight is 398 g/mol. The Morgan fingerprint density at radius 2 is 1.79 bits per heavy atom. The zero-order valence-corrected chi connectivity index (χ0v) is 17.1. The molecular weight excluding hydrogens is 376 g/mol. The van der Waals surface area contributed by atoms with Crippen LogP contribution in [0, 0.1) is 0 Å². The van der Waals surface area contributed by atoms with E-state index in [9.17, 15) is 9.59 Å². The molecule has 0 fully saturated rings. The van der Waals surface area contributed by atoms with Crippen LogP contribution in [0.2, 0.25) is 0 Å². The van der Waals surface area contributed by atoms with E-state index in [1.54, 1.807) is 36.4 Å². The van der Waals surface area contributed by atoms with Crippen molar-refractivity contribution in [1.29, 1.82) is 0 Å². The van der Waals surface area contributed by atoms with Gasteiger partial charge in [0, 0.05) is 12.1 Å². The van der Waals surface area contributed by atoms with E-state index in [1.807, 2.05) is 31.4 Å². The minimum atomic E-state index is -0.392. The normalized spacial score (nSPS) is 11.8. The van der Waals surface area contributed by atoms with Crippen LogP contribution in [0.1, 0.15) is 41.5 Å². The third-order valence-electron chi connectivity index (χ3n) is 4.09. The predicted molar refractivity (Wildman–Crippen MR) is 109 cm³/mol. The number of methoxy groups -OCH3 is 1. The maximum absolute atomic E-state index is 12.6. The first kappa shape index (κ1) is 19.8. The average Bonchev–Trinajstić information content (AvgIpc) is 3.03. The second-order valence-corrected chi connectivity index (χ2v) is 7.42. The smallest absolute Gasteiger partial charge is 0.337 e. The van der Waals surface area contributed by atoms with Crippen LogP contribution in [0.15, 0.2) is 47.5 Å². The molecule has 1 heterocycles. The van der Waals surface area contributed by atoms with Crippen molar-refractivity contribution in [3.05, 3.63) is 58.4 Å². The zero-order chi connectivity index (χ0) is 20.3. The van der Waals surface area contributed by atoms with Gasteiger partial charge in [0.15, 0.2) is 4.80 Å². The topological polar surface area (TPSA) is 69.9 Å². The summed E-state index contributed by atoms with van der Waals surface area (Å²) in [5.41, 5.74) is 1.89. The highest BCUT2D eigenvalue weighted by Gasteiger charge is 2.12. The SMILES string of the molecule is CCn1c(=NC(=O)c2ccc(OC(C)C)cc2)sc2cc(C(=O)OC)ccc21. The van der Waals surface area contributed by atoms with E-state index < -0.39 is 5.97 Å². The van der Waals surface area contributed by atoms with Crippen molar-refractivity contribution in [3.63, 3.8) is 0 Å². The number of nitrogens with zero attached hydrogens (tertiary/aromatic N) is 2. The van der Waals surface area contributed by atoms with Gasteiger partial charge in [-0.1, -0.05) is 11.3 Å². The minimum Gasteiger partial charge on any atom is -0.491 e. The summed E-state index contributed by atoms with van der Waals surface area (Å²) in [5, 5.41) is 0. The molecule has 0 aliphatic heterocycles. The van der Waals surface area contributed by atoms with E-state index in [2.05, 4.69) is 4.99 Å². The molecule has 0 spiro atoms. The Labute approximate surface area is 167 Å². The van der Waals surface area contributed by atoms with Gasteiger partial charge in [0.25, 0.3) is 5.91 Å². The van der Waals surface area contributed by atoms with Crippen LogP contribution >= 0.6 is 11.3 Å². The second kappa shape index (κ2) is 8.39. The van der Waals surface area contributed by atoms with Crippen LogP contribution in [-0.4, -0.2) is 29.7 Å². The molecule has 0 unspecified atom stereocenters. The van der Waals surface area contributed by atoms with Gasteiger partial charge in [-0.25, -0.2) is 4.79 Å². The summed E-state index contributed by atoms with van der Waals surface area (Å²) >= 11 is 1.37. The Kier molecular flexibility index (Phi) is 5.94. The number of thiazole rings is 1. The lowest BCUT2D eigenvalue weighted by molar-refractivity contribution is 0.0600. The molecule has 1 aromatic heterocycles. The van der Waals surface area contributed by atoms with Crippen LogP contribution in [0.3, 0.4) is 0 Å². The van der Waals surface area contributed by atoms with Gasteiger partial charge in [0.1, 0.15) is 5.75 Å². The molecule has 0 atom stereocenters. The number of benzene rings is 2. The van der Waals surface area contributed by atoms with E-state index in [0.717, 1.165) is 10.2 Å². The van der Waals surface area contributed by atoms with E-state index in [-0.39, 0.29) is 12.0 Å². The number of carbonyl (C=O) groups excluding carboxylic acids is 2. The molecule has 0 N–H and O–H groups in total. The summed E-state index contributed by atoms with van der Waals surface area (Å²) in [6.07, 6.45) is 0.0724. The molecule has 0 radical (unpaired) electrons. The van der Waals surface area contributed by atoms with E-state index in [1.165, 1.54) is 18.4 Å². The highest BCUT2D eigenvalue weighted by atomic mass is 32.1. The molecule has 28 heavy (non-hydrogen) atoms. The molecule has 146 valence electrons. The number of amides is 1. The van der Waals surface area contributed by atoms with Crippen LogP contribution in [0.5, 0.6) is 5.75 Å². The Morgan fingerprint density at radius 3 is 2.39 bits per heavy atom. The molecule has 0 saturated carbocycles. The number of hydrogen-bond acceptors (Lipinski definition) is 5. The van der Waals surface area contributed by atoms with Crippen molar-refractivity contribution in [1.82, 2.24) is 4.57 Å². The Morgan fingerprint density at radius 1 is 1.11 bits per heavy atom. The number of aromatic nitrogens is 1. The fourth-order valence-electron chi connectivity index (χ4n) is 2.81. The Balaban J connectivity index is 1.98. The summed E-state index contributed by atoms with van der Waals surface area (Å²) in [4.78, 5) is 29.3. The zero-order valence-electron chi connectivity index (χ0n) is 16.3. The number of ether oxygens (including phenoxy) is 2. The Hall–Kier alpha value is -2.93. The van der Waals surface area contributed by atoms with Crippen LogP contribution in [-0.2, 0) is 11.3 Å². The summed E-state index contributed by atoms with van der Waals surface area (Å²) in [7, 11) is 1.35. The van der Waals surface area contributed by atoms with Crippen molar-refractivity contribution in [3.8, 4) is 5.75 Å². The summed E-state index contributed by atoms with van der Waals surface area (Å²) in [6.45, 7) is 6.54. The lowest BCUT2D eigenvalue weighted by atomic mass is 10.2. The van der Waals surface area contributed by atoms with Gasteiger partial charge in [0.2, 0.25) is 0 Å². The highest BCUT2D eigenvalue weighted by molar-refractivity contribution is 7.16. The molecule has 2 aromatic carbocycles. The maximum Gasteiger partial charge on any atom is 0.337 e. The lowest BCUT2D eigenvalue weighted by Gasteiger charge is -2.09. The van der Waals surface area contributed by atoms with Crippen molar-refractivity contribution < 1.29 is 19.1 Å².